The fourth-order valence-electron chi connectivity index (χ4n) is 2.65. The Morgan fingerprint density at radius 2 is 2.04 bits per heavy atom. The van der Waals surface area contributed by atoms with E-state index in [4.69, 9.17) is 14.8 Å². The molecule has 11 nitrogen and oxygen atoms in total. The maximum atomic E-state index is 12.2. The molecule has 1 aliphatic rings. The smallest absolute Gasteiger partial charge is 0.407 e. The second-order valence-corrected chi connectivity index (χ2v) is 9.71. The van der Waals surface area contributed by atoms with E-state index in [2.05, 4.69) is 10.6 Å². The summed E-state index contributed by atoms with van der Waals surface area (Å²) < 4.78 is 49.2. The van der Waals surface area contributed by atoms with Gasteiger partial charge in [-0.15, -0.1) is 4.49 Å². The normalized spacial score (nSPS) is 22.4. The molecular weight excluding hydrogens is 399 g/mol. The topological polar surface area (TPSA) is 177 Å². The van der Waals surface area contributed by atoms with Crippen LogP contribution in [-0.2, 0) is 31.0 Å². The summed E-state index contributed by atoms with van der Waals surface area (Å²) in [5.74, 6) is -0.359. The Kier molecular flexibility index (Phi) is 6.95. The molecule has 0 aromatic heterocycles. The van der Waals surface area contributed by atoms with E-state index in [9.17, 15) is 22.6 Å². The second kappa shape index (κ2) is 8.81. The number of amides is 2. The van der Waals surface area contributed by atoms with E-state index in [-0.39, 0.29) is 25.4 Å². The van der Waals surface area contributed by atoms with Crippen LogP contribution in [0.4, 0.5) is 4.79 Å². The Hall–Kier alpha value is -1.98. The van der Waals surface area contributed by atoms with E-state index in [1.165, 1.54) is 4.49 Å². The number of nitrogens with one attached hydrogen (secondary N) is 3. The first-order valence-corrected chi connectivity index (χ1v) is 11.3. The van der Waals surface area contributed by atoms with Crippen LogP contribution in [0.15, 0.2) is 30.3 Å². The molecule has 0 saturated carbocycles. The fraction of sp³-hybridized carbons (Fsp3) is 0.429. The molecule has 1 heterocycles. The van der Waals surface area contributed by atoms with Crippen molar-refractivity contribution < 1.29 is 31.9 Å². The molecule has 1 aromatic rings. The van der Waals surface area contributed by atoms with Crippen molar-refractivity contribution in [2.75, 3.05) is 6.16 Å². The van der Waals surface area contributed by atoms with E-state index >= 15 is 0 Å². The molecule has 1 fully saturated rings. The van der Waals surface area contributed by atoms with Crippen LogP contribution >= 0.6 is 7.44 Å². The van der Waals surface area contributed by atoms with E-state index in [1.54, 1.807) is 24.3 Å². The highest BCUT2D eigenvalue weighted by molar-refractivity contribution is 7.91. The van der Waals surface area contributed by atoms with Gasteiger partial charge in [0.05, 0.1) is 18.2 Å². The lowest BCUT2D eigenvalue weighted by atomic mass is 9.99. The predicted molar refractivity (Wildman–Crippen MR) is 96.1 cm³/mol. The lowest BCUT2D eigenvalue weighted by Crippen LogP contribution is -2.57. The van der Waals surface area contributed by atoms with Crippen LogP contribution in [0.2, 0.25) is 0 Å². The first kappa shape index (κ1) is 21.3. The molecule has 1 aliphatic heterocycles. The average Bonchev–Trinajstić information content (AvgIpc) is 2.54. The lowest BCUT2D eigenvalue weighted by molar-refractivity contribution is -0.123. The van der Waals surface area contributed by atoms with Gasteiger partial charge in [0.15, 0.2) is 0 Å². The van der Waals surface area contributed by atoms with Gasteiger partial charge in [-0.25, -0.2) is 4.79 Å². The van der Waals surface area contributed by atoms with Gasteiger partial charge in [-0.05, 0) is 12.0 Å². The lowest BCUT2D eigenvalue weighted by Gasteiger charge is -2.33. The van der Waals surface area contributed by atoms with Crippen molar-refractivity contribution in [1.29, 1.82) is 0 Å². The summed E-state index contributed by atoms with van der Waals surface area (Å²) in [5, 5.41) is 5.06. The van der Waals surface area contributed by atoms with Crippen molar-refractivity contribution in [3.63, 3.8) is 0 Å². The van der Waals surface area contributed by atoms with E-state index < -0.39 is 42.1 Å². The molecule has 6 N–H and O–H groups in total. The largest absolute Gasteiger partial charge is 0.445 e. The quantitative estimate of drug-likeness (QED) is 0.305. The minimum absolute atomic E-state index is 0.0378. The molecule has 1 aromatic carbocycles. The van der Waals surface area contributed by atoms with Crippen LogP contribution < -0.4 is 20.6 Å². The van der Waals surface area contributed by atoms with Gasteiger partial charge >= 0.3 is 16.4 Å². The fourth-order valence-corrected chi connectivity index (χ4v) is 5.44. The summed E-state index contributed by atoms with van der Waals surface area (Å²) >= 11 is 0. The molecule has 0 aliphatic carbocycles. The minimum atomic E-state index is -4.79. The molecular formula is C14H21N4O7PS. The van der Waals surface area contributed by atoms with Gasteiger partial charge in [-0.3, -0.25) is 19.4 Å². The molecule has 1 unspecified atom stereocenters. The number of alkyl carbamates (subject to hydrolysis) is 1. The highest BCUT2D eigenvalue weighted by Gasteiger charge is 2.36. The van der Waals surface area contributed by atoms with Crippen LogP contribution in [-0.4, -0.2) is 43.2 Å². The summed E-state index contributed by atoms with van der Waals surface area (Å²) in [6.07, 6.45) is -0.911. The zero-order valence-electron chi connectivity index (χ0n) is 14.2. The first-order valence-electron chi connectivity index (χ1n) is 7.95. The third kappa shape index (κ3) is 7.65. The van der Waals surface area contributed by atoms with E-state index in [1.807, 2.05) is 6.07 Å². The van der Waals surface area contributed by atoms with Crippen LogP contribution in [0.3, 0.4) is 0 Å². The van der Waals surface area contributed by atoms with Gasteiger partial charge in [0, 0.05) is 6.42 Å². The molecule has 0 spiro atoms. The Balaban J connectivity index is 1.97. The summed E-state index contributed by atoms with van der Waals surface area (Å²) in [4.78, 5) is 23.6. The monoisotopic (exact) mass is 420 g/mol. The number of carbonyl (C=O) groups excluding carboxylic acids is 2. The summed E-state index contributed by atoms with van der Waals surface area (Å²) in [5.41, 5.74) is 6.20. The van der Waals surface area contributed by atoms with E-state index in [0.717, 1.165) is 5.56 Å². The van der Waals surface area contributed by atoms with Gasteiger partial charge in [0.2, 0.25) is 13.4 Å². The SMILES string of the molecule is NP(=O)(C[C@H]1NC(=O)CC[C@@H]1NC(=O)OCc1ccccc1)NS(=O)(=O)O. The third-order valence-electron chi connectivity index (χ3n) is 3.77. The van der Waals surface area contributed by atoms with Crippen molar-refractivity contribution in [3.8, 4) is 0 Å². The number of rotatable bonds is 7. The van der Waals surface area contributed by atoms with Crippen LogP contribution in [0.5, 0.6) is 0 Å². The van der Waals surface area contributed by atoms with Crippen molar-refractivity contribution in [2.24, 2.45) is 5.50 Å². The van der Waals surface area contributed by atoms with Crippen molar-refractivity contribution >= 4 is 29.7 Å². The molecule has 27 heavy (non-hydrogen) atoms. The highest BCUT2D eigenvalue weighted by atomic mass is 32.2. The maximum absolute atomic E-state index is 12.2. The van der Waals surface area contributed by atoms with Crippen LogP contribution in [0.25, 0.3) is 0 Å². The van der Waals surface area contributed by atoms with Gasteiger partial charge in [0.1, 0.15) is 6.61 Å². The minimum Gasteiger partial charge on any atom is -0.445 e. The molecule has 0 bridgehead atoms. The third-order valence-corrected chi connectivity index (χ3v) is 6.86. The Morgan fingerprint density at radius 1 is 1.37 bits per heavy atom. The standard InChI is InChI=1S/C14H21N4O7PS/c15-26(21,18-27(22,23)24)9-12-11(6-7-13(19)16-12)17-14(20)25-8-10-4-2-1-3-5-10/h1-5,11-12H,6-9H2,(H,16,19)(H,17,20)(H3,15,18,21)(H,22,23,24)/t11-,12+,26?/m0/s1. The zero-order valence-corrected chi connectivity index (χ0v) is 15.9. The zero-order chi connectivity index (χ0) is 20.1. The number of hydrogen-bond acceptors (Lipinski definition) is 6. The van der Waals surface area contributed by atoms with Gasteiger partial charge in [0.25, 0.3) is 0 Å². The number of piperidine rings is 1. The highest BCUT2D eigenvalue weighted by Crippen LogP contribution is 2.34. The van der Waals surface area contributed by atoms with Gasteiger partial charge in [-0.2, -0.15) is 8.42 Å². The maximum Gasteiger partial charge on any atom is 0.407 e. The van der Waals surface area contributed by atoms with E-state index in [0.29, 0.717) is 0 Å². The molecule has 150 valence electrons. The number of carbonyl (C=O) groups is 2. The predicted octanol–water partition coefficient (Wildman–Crippen LogP) is 0.104. The van der Waals surface area contributed by atoms with Gasteiger partial charge < -0.3 is 15.4 Å². The molecule has 1 saturated heterocycles. The second-order valence-electron chi connectivity index (χ2n) is 6.07. The molecule has 2 rings (SSSR count). The molecule has 0 radical (unpaired) electrons. The number of hydrogen-bond donors (Lipinski definition) is 5. The van der Waals surface area contributed by atoms with Crippen LogP contribution in [0, 0.1) is 0 Å². The summed E-state index contributed by atoms with van der Waals surface area (Å²) in [6.45, 7) is 0.0378. The van der Waals surface area contributed by atoms with Gasteiger partial charge in [-0.1, -0.05) is 30.3 Å². The Morgan fingerprint density at radius 3 is 2.67 bits per heavy atom. The Labute approximate surface area is 156 Å². The number of benzene rings is 1. The number of nitrogens with two attached hydrogens (primary N) is 1. The first-order chi connectivity index (χ1) is 12.5. The van der Waals surface area contributed by atoms with Crippen molar-refractivity contribution in [3.05, 3.63) is 35.9 Å². The number of ether oxygens (including phenoxy) is 1. The molecule has 3 atom stereocenters. The van der Waals surface area contributed by atoms with Crippen molar-refractivity contribution in [1.82, 2.24) is 15.1 Å². The van der Waals surface area contributed by atoms with Crippen LogP contribution in [0.1, 0.15) is 18.4 Å². The van der Waals surface area contributed by atoms with Crippen molar-refractivity contribution in [2.45, 2.75) is 31.5 Å². The molecule has 2 amide bonds. The Bertz CT molecular complexity index is 833. The summed E-state index contributed by atoms with van der Waals surface area (Å²) in [6, 6.07) is 7.40. The molecule has 13 heteroatoms. The summed E-state index contributed by atoms with van der Waals surface area (Å²) in [7, 11) is -8.84. The average molecular weight is 420 g/mol.